The molecule has 0 saturated carbocycles. The van der Waals surface area contributed by atoms with E-state index in [0.717, 1.165) is 28.6 Å². The predicted molar refractivity (Wildman–Crippen MR) is 107 cm³/mol. The number of esters is 1. The molecule has 1 aromatic heterocycles. The number of piperidine rings is 1. The summed E-state index contributed by atoms with van der Waals surface area (Å²) in [6.07, 6.45) is 5.25. The molecular weight excluding hydrogens is 431 g/mol. The first kappa shape index (κ1) is 18.4. The Kier molecular flexibility index (Phi) is 5.78. The Morgan fingerprint density at radius 1 is 1.36 bits per heavy atom. The highest BCUT2D eigenvalue weighted by Gasteiger charge is 2.22. The molecule has 1 aromatic carbocycles. The maximum absolute atomic E-state index is 12.8. The van der Waals surface area contributed by atoms with Gasteiger partial charge in [-0.25, -0.2) is 4.79 Å². The summed E-state index contributed by atoms with van der Waals surface area (Å²) in [5.41, 5.74) is 0.743. The Labute approximate surface area is 161 Å². The Morgan fingerprint density at radius 2 is 2.16 bits per heavy atom. The molecule has 1 aliphatic rings. The summed E-state index contributed by atoms with van der Waals surface area (Å²) in [6.45, 7) is 3.86. The van der Waals surface area contributed by atoms with E-state index in [9.17, 15) is 9.59 Å². The highest BCUT2D eigenvalue weighted by molar-refractivity contribution is 14.1. The topological polar surface area (TPSA) is 51.5 Å². The van der Waals surface area contributed by atoms with Crippen molar-refractivity contribution in [3.8, 4) is 0 Å². The lowest BCUT2D eigenvalue weighted by atomic mass is 10.0. The second kappa shape index (κ2) is 7.86. The first-order chi connectivity index (χ1) is 12.0. The standard InChI is InChI=1S/C19H23IN2O3/c1-3-25-19(24)16-12-22(11-14-6-4-5-9-21(14)2)17-8-7-13(20)10-15(17)18(16)23/h7-8,10,12,14H,3-6,9,11H2,1-2H3. The summed E-state index contributed by atoms with van der Waals surface area (Å²) in [4.78, 5) is 27.4. The average molecular weight is 454 g/mol. The van der Waals surface area contributed by atoms with Gasteiger partial charge >= 0.3 is 5.97 Å². The molecule has 3 rings (SSSR count). The Balaban J connectivity index is 2.10. The van der Waals surface area contributed by atoms with Crippen LogP contribution in [0.25, 0.3) is 10.9 Å². The number of likely N-dealkylation sites (tertiary alicyclic amines) is 1. The van der Waals surface area contributed by atoms with Crippen molar-refractivity contribution < 1.29 is 9.53 Å². The highest BCUT2D eigenvalue weighted by atomic mass is 127. The summed E-state index contributed by atoms with van der Waals surface area (Å²) in [7, 11) is 2.14. The number of nitrogens with zero attached hydrogens (tertiary/aromatic N) is 2. The second-order valence-corrected chi connectivity index (χ2v) is 7.78. The zero-order valence-corrected chi connectivity index (χ0v) is 16.8. The van der Waals surface area contributed by atoms with Crippen LogP contribution in [0, 0.1) is 3.57 Å². The van der Waals surface area contributed by atoms with Gasteiger partial charge in [0.15, 0.2) is 0 Å². The molecule has 0 bridgehead atoms. The summed E-state index contributed by atoms with van der Waals surface area (Å²) < 4.78 is 8.11. The minimum atomic E-state index is -0.543. The van der Waals surface area contributed by atoms with Gasteiger partial charge in [-0.05, 0) is 74.1 Å². The first-order valence-electron chi connectivity index (χ1n) is 8.71. The second-order valence-electron chi connectivity index (χ2n) is 6.54. The van der Waals surface area contributed by atoms with Crippen molar-refractivity contribution in [2.75, 3.05) is 20.2 Å². The third-order valence-corrected chi connectivity index (χ3v) is 5.54. The van der Waals surface area contributed by atoms with Crippen LogP contribution in [0.2, 0.25) is 0 Å². The van der Waals surface area contributed by atoms with E-state index in [0.29, 0.717) is 11.4 Å². The van der Waals surface area contributed by atoms with Crippen LogP contribution in [0.1, 0.15) is 36.5 Å². The molecule has 25 heavy (non-hydrogen) atoms. The van der Waals surface area contributed by atoms with Gasteiger partial charge in [0.1, 0.15) is 5.56 Å². The maximum atomic E-state index is 12.8. The van der Waals surface area contributed by atoms with Crippen LogP contribution in [0.4, 0.5) is 0 Å². The molecule has 0 N–H and O–H groups in total. The minimum Gasteiger partial charge on any atom is -0.462 e. The largest absolute Gasteiger partial charge is 0.462 e. The van der Waals surface area contributed by atoms with Crippen molar-refractivity contribution in [2.24, 2.45) is 0 Å². The molecule has 5 nitrogen and oxygen atoms in total. The van der Waals surface area contributed by atoms with Crippen molar-refractivity contribution in [3.63, 3.8) is 0 Å². The quantitative estimate of drug-likeness (QED) is 0.526. The third-order valence-electron chi connectivity index (χ3n) is 4.87. The summed E-state index contributed by atoms with van der Waals surface area (Å²) in [5.74, 6) is -0.543. The number of hydrogen-bond donors (Lipinski definition) is 0. The van der Waals surface area contributed by atoms with Gasteiger partial charge in [-0.15, -0.1) is 0 Å². The van der Waals surface area contributed by atoms with E-state index in [2.05, 4.69) is 34.5 Å². The third kappa shape index (κ3) is 3.89. The molecule has 1 unspecified atom stereocenters. The molecule has 0 amide bonds. The van der Waals surface area contributed by atoms with E-state index in [1.165, 1.54) is 12.8 Å². The van der Waals surface area contributed by atoms with Crippen LogP contribution in [0.3, 0.4) is 0 Å². The molecule has 2 aromatic rings. The number of likely N-dealkylation sites (N-methyl/N-ethyl adjacent to an activating group) is 1. The predicted octanol–water partition coefficient (Wildman–Crippen LogP) is 3.27. The van der Waals surface area contributed by atoms with Gasteiger partial charge < -0.3 is 14.2 Å². The van der Waals surface area contributed by atoms with Crippen molar-refractivity contribution in [3.05, 3.63) is 43.8 Å². The molecule has 1 atom stereocenters. The average Bonchev–Trinajstić information content (AvgIpc) is 2.59. The van der Waals surface area contributed by atoms with Crippen LogP contribution >= 0.6 is 22.6 Å². The lowest BCUT2D eigenvalue weighted by Crippen LogP contribution is -2.39. The lowest BCUT2D eigenvalue weighted by molar-refractivity contribution is 0.0524. The Hall–Kier alpha value is -1.41. The lowest BCUT2D eigenvalue weighted by Gasteiger charge is -2.33. The first-order valence-corrected chi connectivity index (χ1v) is 9.79. The fraction of sp³-hybridized carbons (Fsp3) is 0.474. The minimum absolute atomic E-state index is 0.120. The number of carbonyl (C=O) groups excluding carboxylic acids is 1. The molecule has 1 fully saturated rings. The molecule has 6 heteroatoms. The number of fused-ring (bicyclic) bond motifs is 1. The van der Waals surface area contributed by atoms with E-state index >= 15 is 0 Å². The van der Waals surface area contributed by atoms with Gasteiger partial charge in [-0.1, -0.05) is 6.42 Å². The number of hydrogen-bond acceptors (Lipinski definition) is 4. The number of ether oxygens (including phenoxy) is 1. The van der Waals surface area contributed by atoms with Crippen LogP contribution in [-0.2, 0) is 11.3 Å². The molecule has 134 valence electrons. The van der Waals surface area contributed by atoms with Gasteiger partial charge in [0.2, 0.25) is 5.43 Å². The molecule has 1 aliphatic heterocycles. The van der Waals surface area contributed by atoms with E-state index in [4.69, 9.17) is 4.74 Å². The summed E-state index contributed by atoms with van der Waals surface area (Å²) >= 11 is 2.19. The van der Waals surface area contributed by atoms with Gasteiger partial charge in [-0.3, -0.25) is 4.79 Å². The van der Waals surface area contributed by atoms with Crippen molar-refractivity contribution in [1.29, 1.82) is 0 Å². The molecule has 0 aliphatic carbocycles. The van der Waals surface area contributed by atoms with E-state index in [1.54, 1.807) is 13.1 Å². The molecule has 2 heterocycles. The summed E-state index contributed by atoms with van der Waals surface area (Å²) in [5, 5.41) is 0.580. The molecule has 0 radical (unpaired) electrons. The zero-order chi connectivity index (χ0) is 18.0. The maximum Gasteiger partial charge on any atom is 0.343 e. The Morgan fingerprint density at radius 3 is 2.88 bits per heavy atom. The van der Waals surface area contributed by atoms with Crippen LogP contribution in [0.15, 0.2) is 29.2 Å². The summed E-state index contributed by atoms with van der Waals surface area (Å²) in [6, 6.07) is 6.22. The van der Waals surface area contributed by atoms with Crippen LogP contribution in [-0.4, -0.2) is 41.7 Å². The SMILES string of the molecule is CCOC(=O)c1cn(CC2CCCCN2C)c2ccc(I)cc2c1=O. The highest BCUT2D eigenvalue weighted by Crippen LogP contribution is 2.21. The van der Waals surface area contributed by atoms with Gasteiger partial charge in [0.05, 0.1) is 12.1 Å². The monoisotopic (exact) mass is 454 g/mol. The number of rotatable bonds is 4. The number of pyridine rings is 1. The number of benzene rings is 1. The van der Waals surface area contributed by atoms with Crippen molar-refractivity contribution >= 4 is 39.5 Å². The smallest absolute Gasteiger partial charge is 0.343 e. The van der Waals surface area contributed by atoms with Crippen molar-refractivity contribution in [1.82, 2.24) is 9.47 Å². The Bertz CT molecular complexity index is 846. The van der Waals surface area contributed by atoms with Gasteiger partial charge in [0, 0.05) is 27.7 Å². The van der Waals surface area contributed by atoms with Gasteiger partial charge in [-0.2, -0.15) is 0 Å². The zero-order valence-electron chi connectivity index (χ0n) is 14.6. The fourth-order valence-corrected chi connectivity index (χ4v) is 3.97. The van der Waals surface area contributed by atoms with E-state index < -0.39 is 5.97 Å². The fourth-order valence-electron chi connectivity index (χ4n) is 3.48. The number of aromatic nitrogens is 1. The van der Waals surface area contributed by atoms with Gasteiger partial charge in [0.25, 0.3) is 0 Å². The van der Waals surface area contributed by atoms with E-state index in [1.807, 2.05) is 22.8 Å². The van der Waals surface area contributed by atoms with Crippen LogP contribution < -0.4 is 5.43 Å². The van der Waals surface area contributed by atoms with Crippen molar-refractivity contribution in [2.45, 2.75) is 38.8 Å². The van der Waals surface area contributed by atoms with Crippen LogP contribution in [0.5, 0.6) is 0 Å². The molecule has 0 spiro atoms. The number of carbonyl (C=O) groups is 1. The number of halogens is 1. The van der Waals surface area contributed by atoms with E-state index in [-0.39, 0.29) is 17.6 Å². The molecule has 1 saturated heterocycles. The normalized spacial score (nSPS) is 18.4. The molecular formula is C19H23IN2O3.